The fourth-order valence-electron chi connectivity index (χ4n) is 11.4. The Morgan fingerprint density at radius 1 is 0.505 bits per heavy atom. The van der Waals surface area contributed by atoms with Gasteiger partial charge in [-0.05, 0) is 92.5 Å². The lowest BCUT2D eigenvalue weighted by atomic mass is 9.96. The van der Waals surface area contributed by atoms with Gasteiger partial charge in [-0.2, -0.15) is 0 Å². The van der Waals surface area contributed by atoms with Gasteiger partial charge in [0.05, 0.1) is 13.0 Å². The van der Waals surface area contributed by atoms with Gasteiger partial charge in [-0.15, -0.1) is 0 Å². The number of aromatic amines is 1. The highest BCUT2D eigenvalue weighted by Crippen LogP contribution is 2.24. The molecule has 1 fully saturated rings. The molecule has 0 bridgehead atoms. The predicted octanol–water partition coefficient (Wildman–Crippen LogP) is -3.17. The Bertz CT molecular complexity index is 3730. The summed E-state index contributed by atoms with van der Waals surface area (Å²) in [4.78, 5) is 243. The van der Waals surface area contributed by atoms with Gasteiger partial charge in [0.15, 0.2) is 0 Å². The molecule has 12 unspecified atom stereocenters. The highest BCUT2D eigenvalue weighted by Gasteiger charge is 2.43. The third kappa shape index (κ3) is 29.3. The maximum absolute atomic E-state index is 14.9. The fraction of sp³-hybridized carbons (Fsp3) is 0.529. The number of amides is 12. The van der Waals surface area contributed by atoms with Gasteiger partial charge in [0, 0.05) is 68.6 Å². The van der Waals surface area contributed by atoms with Crippen molar-refractivity contribution in [2.24, 2.45) is 23.3 Å². The summed E-state index contributed by atoms with van der Waals surface area (Å²) in [6.45, 7) is 5.62. The number of aliphatic carboxylic acids is 6. The second-order valence-electron chi connectivity index (χ2n) is 26.1. The number of nitrogens with zero attached hydrogens (tertiary/aromatic N) is 1. The SMILES string of the molecule is CCC(C)C(NC(=O)C(CCC(=O)O)NC(=O)C(CCC(=O)O)NC(=O)C(Cc1c[nH]c2ccccc12)NC(=O)C(CC(=O)O)NC(=O)CN)C(=O)N1CCCC1C(=O)NC(CCC(=O)O)C(=O)NC(CCC(=O)O)C(=O)NC(Cc1ccc(O)cc1)C(=O)NC(CC(C)C)C(=O)NC(CCC(N)=O)C(=O)O. The molecule has 39 heteroatoms. The number of H-pyrrole nitrogens is 1. The number of benzene rings is 2. The van der Waals surface area contributed by atoms with Gasteiger partial charge in [0.25, 0.3) is 0 Å². The van der Waals surface area contributed by atoms with Crippen LogP contribution in [0.1, 0.15) is 135 Å². The second-order valence-corrected chi connectivity index (χ2v) is 26.1. The second kappa shape index (κ2) is 42.8. The molecule has 39 nitrogen and oxygen atoms in total. The molecule has 2 heterocycles. The number of fused-ring (bicyclic) bond motifs is 1. The van der Waals surface area contributed by atoms with Gasteiger partial charge in [-0.1, -0.05) is 64.4 Å². The standard InChI is InChI=1S/C68H94N14O25/c1-5-34(4)57(81-61(99)43(20-25-55(92)93)74-58(96)40(17-22-52(86)87)75-64(102)47(29-36-32-71-39-10-7-6-9-38(36)39)80-65(103)48(30-56(94)95)72-51(85)31-69)67(105)82-26-8-11-49(82)66(104)76-42(19-24-54(90)91)59(97)73-41(18-23-53(88)89)60(98)79-46(28-35-12-14-37(83)15-13-35)63(101)78-45(27-33(2)3)62(100)77-44(68(106)107)16-21-50(70)84/h6-7,9-10,12-15,32-34,40-49,57,71,83H,5,8,11,16-31,69H2,1-4H3,(H2,70,84)(H,72,85)(H,73,97)(H,74,96)(H,75,102)(H,76,104)(H,77,100)(H,78,101)(H,79,98)(H,80,103)(H,81,99)(H,86,87)(H,88,89)(H,90,91)(H,92,93)(H,94,95)(H,106,107). The van der Waals surface area contributed by atoms with Crippen LogP contribution < -0.4 is 64.6 Å². The number of primary amides is 1. The molecule has 4 rings (SSSR count). The van der Waals surface area contributed by atoms with Crippen LogP contribution >= 0.6 is 0 Å². The predicted molar refractivity (Wildman–Crippen MR) is 372 cm³/mol. The zero-order valence-corrected chi connectivity index (χ0v) is 59.2. The van der Waals surface area contributed by atoms with Crippen LogP contribution in [0, 0.1) is 11.8 Å². The van der Waals surface area contributed by atoms with E-state index >= 15 is 0 Å². The number of hydrogen-bond donors (Lipinski definition) is 20. The zero-order valence-electron chi connectivity index (χ0n) is 59.2. The minimum Gasteiger partial charge on any atom is -0.508 e. The number of aromatic nitrogens is 1. The number of para-hydroxylation sites is 1. The molecule has 586 valence electrons. The summed E-state index contributed by atoms with van der Waals surface area (Å²) in [5, 5.41) is 92.7. The molecule has 1 aromatic heterocycles. The first-order valence-corrected chi connectivity index (χ1v) is 34.4. The highest BCUT2D eigenvalue weighted by atomic mass is 16.4. The molecular formula is C68H94N14O25. The first-order chi connectivity index (χ1) is 50.4. The Morgan fingerprint density at radius 3 is 1.40 bits per heavy atom. The Balaban J connectivity index is 1.64. The number of nitrogens with two attached hydrogens (primary N) is 2. The third-order valence-corrected chi connectivity index (χ3v) is 17.3. The molecule has 107 heavy (non-hydrogen) atoms. The normalized spacial score (nSPS) is 15.6. The van der Waals surface area contributed by atoms with Crippen LogP contribution in [0.3, 0.4) is 0 Å². The van der Waals surface area contributed by atoms with Gasteiger partial charge >= 0.3 is 35.8 Å². The van der Waals surface area contributed by atoms with Crippen molar-refractivity contribution < 1.29 is 122 Å². The molecule has 12 atom stereocenters. The molecule has 22 N–H and O–H groups in total. The van der Waals surface area contributed by atoms with E-state index in [0.29, 0.717) is 22.0 Å². The van der Waals surface area contributed by atoms with E-state index in [1.807, 2.05) is 0 Å². The van der Waals surface area contributed by atoms with Crippen molar-refractivity contribution in [1.29, 1.82) is 0 Å². The van der Waals surface area contributed by atoms with E-state index in [2.05, 4.69) is 58.2 Å². The van der Waals surface area contributed by atoms with Crippen LogP contribution in [0.15, 0.2) is 54.7 Å². The fourth-order valence-corrected chi connectivity index (χ4v) is 11.4. The number of phenolic OH excluding ortho intramolecular Hbond substituents is 1. The van der Waals surface area contributed by atoms with Crippen LogP contribution in [0.2, 0.25) is 0 Å². The lowest BCUT2D eigenvalue weighted by Gasteiger charge is -2.33. The highest BCUT2D eigenvalue weighted by molar-refractivity contribution is 6.01. The largest absolute Gasteiger partial charge is 0.508 e. The number of carboxylic acids is 6. The van der Waals surface area contributed by atoms with Crippen LogP contribution in [0.4, 0.5) is 0 Å². The molecule has 0 radical (unpaired) electrons. The van der Waals surface area contributed by atoms with E-state index in [4.69, 9.17) is 11.5 Å². The maximum atomic E-state index is 14.9. The Labute approximate surface area is 611 Å². The number of carbonyl (C=O) groups is 18. The van der Waals surface area contributed by atoms with Crippen LogP contribution in [-0.2, 0) is 99.1 Å². The average Bonchev–Trinajstić information content (AvgIpc) is 1.74. The number of carbonyl (C=O) groups excluding carboxylic acids is 12. The summed E-state index contributed by atoms with van der Waals surface area (Å²) in [5.74, 6) is -23.6. The first kappa shape index (κ1) is 87.6. The van der Waals surface area contributed by atoms with E-state index in [9.17, 15) is 122 Å². The molecular weight excluding hydrogens is 1410 g/mol. The molecule has 12 amide bonds. The Kier molecular flexibility index (Phi) is 35.1. The molecule has 1 aliphatic rings. The smallest absolute Gasteiger partial charge is 0.326 e. The van der Waals surface area contributed by atoms with E-state index in [-0.39, 0.29) is 50.3 Å². The van der Waals surface area contributed by atoms with Crippen molar-refractivity contribution in [2.45, 2.75) is 203 Å². The minimum atomic E-state index is -1.89. The summed E-state index contributed by atoms with van der Waals surface area (Å²) in [5.41, 5.74) is 11.9. The summed E-state index contributed by atoms with van der Waals surface area (Å²) in [7, 11) is 0. The number of phenols is 1. The topological polar surface area (TPSA) is 640 Å². The first-order valence-electron chi connectivity index (χ1n) is 34.4. The van der Waals surface area contributed by atoms with Crippen molar-refractivity contribution in [1.82, 2.24) is 63.1 Å². The maximum Gasteiger partial charge on any atom is 0.326 e. The minimum absolute atomic E-state index is 0.108. The van der Waals surface area contributed by atoms with Gasteiger partial charge in [-0.3, -0.25) is 81.5 Å². The number of rotatable bonds is 47. The lowest BCUT2D eigenvalue weighted by molar-refractivity contribution is -0.144. The molecule has 1 saturated heterocycles. The zero-order chi connectivity index (χ0) is 79.9. The Morgan fingerprint density at radius 2 is 0.935 bits per heavy atom. The summed E-state index contributed by atoms with van der Waals surface area (Å²) in [6, 6.07) is -7.00. The molecule has 3 aromatic rings. The molecule has 0 aliphatic carbocycles. The monoisotopic (exact) mass is 1510 g/mol. The van der Waals surface area contributed by atoms with Gasteiger partial charge in [-0.25, -0.2) is 4.79 Å². The van der Waals surface area contributed by atoms with Crippen molar-refractivity contribution in [3.05, 3.63) is 65.9 Å². The van der Waals surface area contributed by atoms with E-state index in [1.54, 1.807) is 45.0 Å². The van der Waals surface area contributed by atoms with E-state index in [0.717, 1.165) is 4.90 Å². The van der Waals surface area contributed by atoms with Crippen molar-refractivity contribution in [3.63, 3.8) is 0 Å². The number of nitrogens with one attached hydrogen (secondary N) is 11. The Hall–Kier alpha value is -11.8. The molecule has 2 aromatic carbocycles. The third-order valence-electron chi connectivity index (χ3n) is 17.3. The average molecular weight is 1510 g/mol. The van der Waals surface area contributed by atoms with E-state index in [1.165, 1.54) is 37.4 Å². The van der Waals surface area contributed by atoms with Gasteiger partial charge in [0.2, 0.25) is 70.9 Å². The van der Waals surface area contributed by atoms with E-state index < -0.39 is 263 Å². The summed E-state index contributed by atoms with van der Waals surface area (Å²) < 4.78 is 0. The van der Waals surface area contributed by atoms with Crippen LogP contribution in [-0.4, -0.2) is 232 Å². The number of hydrogen-bond acceptors (Lipinski definition) is 20. The van der Waals surface area contributed by atoms with Crippen LogP contribution in [0.5, 0.6) is 5.75 Å². The van der Waals surface area contributed by atoms with Crippen LogP contribution in [0.25, 0.3) is 10.9 Å². The number of likely N-dealkylation sites (tertiary alicyclic amines) is 1. The van der Waals surface area contributed by atoms with Gasteiger partial charge < -0.3 is 110 Å². The molecule has 0 saturated carbocycles. The van der Waals surface area contributed by atoms with Gasteiger partial charge in [0.1, 0.15) is 72.2 Å². The van der Waals surface area contributed by atoms with Crippen molar-refractivity contribution >= 4 is 118 Å². The lowest BCUT2D eigenvalue weighted by Crippen LogP contribution is -2.61. The number of aromatic hydroxyl groups is 1. The summed E-state index contributed by atoms with van der Waals surface area (Å²) >= 11 is 0. The quantitative estimate of drug-likeness (QED) is 0.0265. The summed E-state index contributed by atoms with van der Waals surface area (Å²) in [6.07, 6.45) is -7.17. The molecule has 1 aliphatic heterocycles. The van der Waals surface area contributed by atoms with Crippen molar-refractivity contribution in [2.75, 3.05) is 13.1 Å². The van der Waals surface area contributed by atoms with Crippen molar-refractivity contribution in [3.8, 4) is 5.75 Å². The molecule has 0 spiro atoms. The number of carboxylic acid groups (broad SMARTS) is 6.